The first-order chi connectivity index (χ1) is 7.60. The predicted octanol–water partition coefficient (Wildman–Crippen LogP) is 3.30. The molecule has 0 radical (unpaired) electrons. The summed E-state index contributed by atoms with van der Waals surface area (Å²) in [5, 5.41) is 2.97. The summed E-state index contributed by atoms with van der Waals surface area (Å²) >= 11 is 9.00. The highest BCUT2D eigenvalue weighted by atomic mass is 32.1. The van der Waals surface area contributed by atoms with Crippen molar-refractivity contribution in [3.8, 4) is 0 Å². The number of hydrogen-bond acceptors (Lipinski definition) is 2. The Morgan fingerprint density at radius 1 is 1.38 bits per heavy atom. The van der Waals surface area contributed by atoms with Gasteiger partial charge < -0.3 is 11.1 Å². The molecule has 88 valence electrons. The van der Waals surface area contributed by atoms with Crippen molar-refractivity contribution in [1.82, 2.24) is 0 Å². The average Bonchev–Trinajstić information content (AvgIpc) is 2.21. The Labute approximate surface area is 108 Å². The molecule has 0 spiro atoms. The highest BCUT2D eigenvalue weighted by molar-refractivity contribution is 7.80. The quantitative estimate of drug-likeness (QED) is 0.809. The van der Waals surface area contributed by atoms with Crippen LogP contribution in [-0.4, -0.2) is 10.5 Å². The fourth-order valence-corrected chi connectivity index (χ4v) is 1.26. The molecule has 2 nitrogen and oxygen atoms in total. The summed E-state index contributed by atoms with van der Waals surface area (Å²) in [6.07, 6.45) is 2.35. The van der Waals surface area contributed by atoms with Gasteiger partial charge in [0.2, 0.25) is 0 Å². The summed E-state index contributed by atoms with van der Waals surface area (Å²) in [6, 6.07) is 8.36. The van der Waals surface area contributed by atoms with Crippen molar-refractivity contribution < 1.29 is 0 Å². The summed E-state index contributed by atoms with van der Waals surface area (Å²) in [5.74, 6) is 0. The van der Waals surface area contributed by atoms with Crippen LogP contribution >= 0.6 is 24.4 Å². The number of thiocarbonyl (C=S) groups is 2. The zero-order chi connectivity index (χ0) is 12.4. The highest BCUT2D eigenvalue weighted by Gasteiger charge is 1.90. The van der Waals surface area contributed by atoms with Crippen molar-refractivity contribution in [2.24, 2.45) is 5.73 Å². The lowest BCUT2D eigenvalue weighted by atomic mass is 10.1. The smallest absolute Gasteiger partial charge is 0.0695 e. The van der Waals surface area contributed by atoms with E-state index in [4.69, 9.17) is 5.73 Å². The average molecular weight is 254 g/mol. The van der Waals surface area contributed by atoms with E-state index in [1.807, 2.05) is 12.1 Å². The van der Waals surface area contributed by atoms with Crippen LogP contribution in [0.4, 0.5) is 5.69 Å². The number of benzene rings is 1. The lowest BCUT2D eigenvalue weighted by Crippen LogP contribution is -1.98. The van der Waals surface area contributed by atoms with E-state index in [1.165, 1.54) is 17.5 Å². The molecule has 0 amide bonds. The number of nitrogens with one attached hydrogen (secondary N) is 1. The second kappa shape index (κ2) is 9.24. The van der Waals surface area contributed by atoms with Gasteiger partial charge in [0, 0.05) is 5.69 Å². The van der Waals surface area contributed by atoms with Gasteiger partial charge in [0.15, 0.2) is 0 Å². The van der Waals surface area contributed by atoms with Crippen LogP contribution in [0.3, 0.4) is 0 Å². The van der Waals surface area contributed by atoms with Gasteiger partial charge in [-0.3, -0.25) is 0 Å². The Kier molecular flexibility index (Phi) is 8.66. The third-order valence-electron chi connectivity index (χ3n) is 1.72. The van der Waals surface area contributed by atoms with E-state index in [2.05, 4.69) is 48.8 Å². The number of aryl methyl sites for hydroxylation is 1. The van der Waals surface area contributed by atoms with Crippen molar-refractivity contribution in [2.45, 2.75) is 26.7 Å². The summed E-state index contributed by atoms with van der Waals surface area (Å²) < 4.78 is 0. The summed E-state index contributed by atoms with van der Waals surface area (Å²) in [7, 11) is 0. The summed E-state index contributed by atoms with van der Waals surface area (Å²) in [5.41, 5.74) is 8.81. The van der Waals surface area contributed by atoms with Crippen LogP contribution in [0.5, 0.6) is 0 Å². The van der Waals surface area contributed by atoms with Crippen LogP contribution < -0.4 is 11.1 Å². The van der Waals surface area contributed by atoms with Gasteiger partial charge in [-0.05, 0) is 31.0 Å². The molecule has 0 aliphatic carbocycles. The maximum atomic E-state index is 4.84. The maximum absolute atomic E-state index is 4.84. The highest BCUT2D eigenvalue weighted by Crippen LogP contribution is 2.09. The van der Waals surface area contributed by atoms with E-state index < -0.39 is 0 Å². The van der Waals surface area contributed by atoms with E-state index in [-0.39, 0.29) is 0 Å². The van der Waals surface area contributed by atoms with Crippen molar-refractivity contribution in [2.75, 3.05) is 5.32 Å². The molecule has 0 heterocycles. The minimum Gasteiger partial charge on any atom is -0.394 e. The van der Waals surface area contributed by atoms with Gasteiger partial charge in [0.05, 0.1) is 10.5 Å². The molecular formula is C12H18N2S2. The zero-order valence-corrected chi connectivity index (χ0v) is 11.3. The van der Waals surface area contributed by atoms with Gasteiger partial charge in [-0.1, -0.05) is 49.9 Å². The van der Waals surface area contributed by atoms with Crippen molar-refractivity contribution >= 4 is 40.6 Å². The molecule has 0 aliphatic heterocycles. The van der Waals surface area contributed by atoms with E-state index in [0.717, 1.165) is 12.1 Å². The fraction of sp³-hybridized carbons (Fsp3) is 0.333. The molecule has 16 heavy (non-hydrogen) atoms. The van der Waals surface area contributed by atoms with Gasteiger partial charge in [-0.2, -0.15) is 0 Å². The van der Waals surface area contributed by atoms with E-state index in [9.17, 15) is 0 Å². The molecule has 0 aliphatic rings. The van der Waals surface area contributed by atoms with Gasteiger partial charge >= 0.3 is 0 Å². The van der Waals surface area contributed by atoms with Crippen LogP contribution in [0.1, 0.15) is 25.8 Å². The molecule has 0 saturated heterocycles. The van der Waals surface area contributed by atoms with Crippen molar-refractivity contribution in [3.05, 3.63) is 29.8 Å². The molecule has 0 atom stereocenters. The molecule has 0 saturated carbocycles. The van der Waals surface area contributed by atoms with Crippen LogP contribution in [0.2, 0.25) is 0 Å². The Balaban J connectivity index is 0.000000487. The lowest BCUT2D eigenvalue weighted by molar-refractivity contribution is 0.922. The third kappa shape index (κ3) is 8.32. The van der Waals surface area contributed by atoms with Gasteiger partial charge in [0.1, 0.15) is 0 Å². The molecule has 0 fully saturated rings. The standard InChI is InChI=1S/C10H13NS.C2H5NS/c1-2-3-9-4-6-10(7-5-9)11-8-12;1-2(3)4/h4-8H,2-3H2,1H3,(H,11,12);1H3,(H2,3,4). The van der Waals surface area contributed by atoms with Gasteiger partial charge in [-0.25, -0.2) is 0 Å². The Hall–Kier alpha value is -1.00. The van der Waals surface area contributed by atoms with Crippen LogP contribution in [0.15, 0.2) is 24.3 Å². The number of anilines is 1. The third-order valence-corrected chi connectivity index (χ3v) is 1.84. The first-order valence-electron chi connectivity index (χ1n) is 5.15. The molecule has 0 aromatic heterocycles. The minimum atomic E-state index is 0.500. The fourth-order valence-electron chi connectivity index (χ4n) is 1.12. The summed E-state index contributed by atoms with van der Waals surface area (Å²) in [6.45, 7) is 3.86. The first-order valence-corrected chi connectivity index (χ1v) is 6.03. The van der Waals surface area contributed by atoms with E-state index >= 15 is 0 Å². The van der Waals surface area contributed by atoms with E-state index in [0.29, 0.717) is 4.99 Å². The molecular weight excluding hydrogens is 236 g/mol. The molecule has 1 aromatic rings. The lowest BCUT2D eigenvalue weighted by Gasteiger charge is -2.01. The SMILES string of the molecule is CC(N)=S.CCCc1ccc(NC=S)cc1. The van der Waals surface area contributed by atoms with Crippen LogP contribution in [0, 0.1) is 0 Å². The van der Waals surface area contributed by atoms with Crippen LogP contribution in [-0.2, 0) is 6.42 Å². The maximum Gasteiger partial charge on any atom is 0.0695 e. The number of hydrogen-bond donors (Lipinski definition) is 2. The molecule has 4 heteroatoms. The summed E-state index contributed by atoms with van der Waals surface area (Å²) in [4.78, 5) is 0.500. The molecule has 0 bridgehead atoms. The Morgan fingerprint density at radius 3 is 2.25 bits per heavy atom. The van der Waals surface area contributed by atoms with Crippen LogP contribution in [0.25, 0.3) is 0 Å². The second-order valence-corrected chi connectivity index (χ2v) is 4.20. The van der Waals surface area contributed by atoms with Crippen molar-refractivity contribution in [3.63, 3.8) is 0 Å². The monoisotopic (exact) mass is 254 g/mol. The molecule has 1 aromatic carbocycles. The molecule has 0 unspecified atom stereocenters. The van der Waals surface area contributed by atoms with E-state index in [1.54, 1.807) is 6.92 Å². The number of nitrogens with two attached hydrogens (primary N) is 1. The zero-order valence-electron chi connectivity index (χ0n) is 9.69. The largest absolute Gasteiger partial charge is 0.394 e. The molecule has 1 rings (SSSR count). The Bertz CT molecular complexity index is 316. The number of rotatable bonds is 4. The minimum absolute atomic E-state index is 0.500. The Morgan fingerprint density at radius 2 is 1.88 bits per heavy atom. The van der Waals surface area contributed by atoms with Gasteiger partial charge in [0.25, 0.3) is 0 Å². The second-order valence-electron chi connectivity index (χ2n) is 3.32. The normalized spacial score (nSPS) is 8.62. The first kappa shape index (κ1) is 15.0. The van der Waals surface area contributed by atoms with Gasteiger partial charge in [-0.15, -0.1) is 0 Å². The topological polar surface area (TPSA) is 38.0 Å². The molecule has 3 N–H and O–H groups in total. The predicted molar refractivity (Wildman–Crippen MR) is 80.2 cm³/mol. The van der Waals surface area contributed by atoms with Crippen molar-refractivity contribution in [1.29, 1.82) is 0 Å².